The van der Waals surface area contributed by atoms with Crippen molar-refractivity contribution in [3.8, 4) is 0 Å². The molecule has 0 bridgehead atoms. The van der Waals surface area contributed by atoms with E-state index in [4.69, 9.17) is 0 Å². The molecule has 0 fully saturated rings. The zero-order valence-corrected chi connectivity index (χ0v) is 17.3. The number of nitrogens with zero attached hydrogens (tertiary/aromatic N) is 2. The fourth-order valence-corrected chi connectivity index (χ4v) is 5.12. The van der Waals surface area contributed by atoms with Gasteiger partial charge < -0.3 is 9.88 Å². The Morgan fingerprint density at radius 2 is 2.11 bits per heavy atom. The average Bonchev–Trinajstić information content (AvgIpc) is 3.20. The molecule has 0 saturated heterocycles. The van der Waals surface area contributed by atoms with Crippen molar-refractivity contribution in [1.29, 1.82) is 0 Å². The molecule has 4 rings (SSSR count). The van der Waals surface area contributed by atoms with Crippen LogP contribution in [0.3, 0.4) is 0 Å². The van der Waals surface area contributed by atoms with Gasteiger partial charge in [0.15, 0.2) is 0 Å². The summed E-state index contributed by atoms with van der Waals surface area (Å²) in [6, 6.07) is 8.55. The van der Waals surface area contributed by atoms with Crippen LogP contribution in [0.5, 0.6) is 0 Å². The van der Waals surface area contributed by atoms with Gasteiger partial charge in [-0.1, -0.05) is 39.0 Å². The van der Waals surface area contributed by atoms with Gasteiger partial charge in [-0.05, 0) is 36.8 Å². The first-order valence-corrected chi connectivity index (χ1v) is 10.5. The first kappa shape index (κ1) is 18.2. The zero-order chi connectivity index (χ0) is 19.2. The van der Waals surface area contributed by atoms with Gasteiger partial charge in [-0.2, -0.15) is 0 Å². The van der Waals surface area contributed by atoms with Gasteiger partial charge >= 0.3 is 0 Å². The lowest BCUT2D eigenvalue weighted by Gasteiger charge is -2.43. The topological polar surface area (TPSA) is 49.0 Å². The summed E-state index contributed by atoms with van der Waals surface area (Å²) in [6.07, 6.45) is 2.24. The highest BCUT2D eigenvalue weighted by molar-refractivity contribution is 7.09. The molecular weight excluding hydrogens is 354 g/mol. The molecule has 3 heterocycles. The smallest absolute Gasteiger partial charge is 0.223 e. The van der Waals surface area contributed by atoms with Gasteiger partial charge in [0.25, 0.3) is 0 Å². The molecule has 3 aromatic rings. The Kier molecular flexibility index (Phi) is 4.58. The number of hydrogen-bond donors (Lipinski definition) is 1. The molecule has 1 unspecified atom stereocenters. The van der Waals surface area contributed by atoms with Gasteiger partial charge in [0.2, 0.25) is 5.91 Å². The third kappa shape index (κ3) is 3.29. The molecule has 27 heavy (non-hydrogen) atoms. The van der Waals surface area contributed by atoms with Crippen LogP contribution in [-0.4, -0.2) is 27.3 Å². The number of amides is 1. The summed E-state index contributed by atoms with van der Waals surface area (Å²) in [4.78, 5) is 24.4. The van der Waals surface area contributed by atoms with Crippen molar-refractivity contribution < 1.29 is 4.79 Å². The van der Waals surface area contributed by atoms with Crippen LogP contribution in [0.4, 0.5) is 0 Å². The Labute approximate surface area is 164 Å². The van der Waals surface area contributed by atoms with Gasteiger partial charge in [-0.15, -0.1) is 11.3 Å². The predicted molar refractivity (Wildman–Crippen MR) is 111 cm³/mol. The van der Waals surface area contributed by atoms with E-state index in [-0.39, 0.29) is 17.4 Å². The third-order valence-corrected chi connectivity index (χ3v) is 6.58. The Morgan fingerprint density at radius 3 is 2.81 bits per heavy atom. The number of aromatic nitrogens is 2. The molecule has 1 aliphatic heterocycles. The lowest BCUT2D eigenvalue weighted by Crippen LogP contribution is -2.45. The fraction of sp³-hybridized carbons (Fsp3) is 0.455. The van der Waals surface area contributed by atoms with E-state index >= 15 is 0 Å². The van der Waals surface area contributed by atoms with Crippen LogP contribution in [-0.2, 0) is 17.6 Å². The lowest BCUT2D eigenvalue weighted by atomic mass is 9.79. The van der Waals surface area contributed by atoms with Gasteiger partial charge in [0.05, 0.1) is 17.2 Å². The van der Waals surface area contributed by atoms with Crippen LogP contribution >= 0.6 is 11.3 Å². The number of para-hydroxylation sites is 1. The summed E-state index contributed by atoms with van der Waals surface area (Å²) in [5, 5.41) is 1.30. The minimum atomic E-state index is -0.0356. The molecular formula is C22H27N3OS. The van der Waals surface area contributed by atoms with E-state index in [0.29, 0.717) is 6.42 Å². The van der Waals surface area contributed by atoms with E-state index in [0.717, 1.165) is 25.1 Å². The molecule has 4 nitrogen and oxygen atoms in total. The first-order chi connectivity index (χ1) is 12.9. The van der Waals surface area contributed by atoms with E-state index < -0.39 is 0 Å². The number of fused-ring (bicyclic) bond motifs is 3. The number of aromatic amines is 1. The number of carbonyl (C=O) groups excluding carboxylic acids is 1. The summed E-state index contributed by atoms with van der Waals surface area (Å²) in [7, 11) is 0. The lowest BCUT2D eigenvalue weighted by molar-refractivity contribution is -0.136. The molecule has 1 atom stereocenters. The number of thiazole rings is 1. The van der Waals surface area contributed by atoms with E-state index in [1.165, 1.54) is 27.0 Å². The molecule has 1 N–H and O–H groups in total. The second-order valence-electron chi connectivity index (χ2n) is 8.53. The van der Waals surface area contributed by atoms with Crippen molar-refractivity contribution in [3.63, 3.8) is 0 Å². The second kappa shape index (κ2) is 6.79. The van der Waals surface area contributed by atoms with E-state index in [1.807, 2.05) is 12.4 Å². The number of hydrogen-bond acceptors (Lipinski definition) is 3. The molecule has 0 radical (unpaired) electrons. The third-order valence-electron chi connectivity index (χ3n) is 5.59. The van der Waals surface area contributed by atoms with Crippen LogP contribution in [0.25, 0.3) is 10.9 Å². The average molecular weight is 382 g/mol. The number of benzene rings is 1. The number of nitrogens with one attached hydrogen (secondary N) is 1. The molecule has 1 amide bonds. The second-order valence-corrected chi connectivity index (χ2v) is 9.47. The highest BCUT2D eigenvalue weighted by Gasteiger charge is 2.40. The molecule has 0 spiro atoms. The van der Waals surface area contributed by atoms with Crippen LogP contribution in [0, 0.1) is 12.3 Å². The SMILES string of the molecule is Cc1ncsc1CCC(=O)N1CCc2c([nH]c3ccccc23)C1C(C)(C)C. The Balaban J connectivity index is 1.65. The molecule has 5 heteroatoms. The quantitative estimate of drug-likeness (QED) is 0.691. The summed E-state index contributed by atoms with van der Waals surface area (Å²) in [6.45, 7) is 9.49. The monoisotopic (exact) mass is 381 g/mol. The van der Waals surface area contributed by atoms with Crippen LogP contribution in [0.2, 0.25) is 0 Å². The van der Waals surface area contributed by atoms with Crippen LogP contribution < -0.4 is 0 Å². The molecule has 142 valence electrons. The van der Waals surface area contributed by atoms with Crippen molar-refractivity contribution in [2.75, 3.05) is 6.54 Å². The minimum Gasteiger partial charge on any atom is -0.356 e. The van der Waals surface area contributed by atoms with Crippen molar-refractivity contribution in [2.24, 2.45) is 5.41 Å². The number of carbonyl (C=O) groups is 1. The largest absolute Gasteiger partial charge is 0.356 e. The predicted octanol–water partition coefficient (Wildman–Crippen LogP) is 5.04. The molecule has 1 aromatic carbocycles. The van der Waals surface area contributed by atoms with E-state index in [9.17, 15) is 4.79 Å². The molecule has 0 aliphatic carbocycles. The van der Waals surface area contributed by atoms with Crippen LogP contribution in [0.15, 0.2) is 29.8 Å². The summed E-state index contributed by atoms with van der Waals surface area (Å²) < 4.78 is 0. The number of H-pyrrole nitrogens is 1. The van der Waals surface area contributed by atoms with E-state index in [1.54, 1.807) is 11.3 Å². The molecule has 0 saturated carbocycles. The van der Waals surface area contributed by atoms with Gasteiger partial charge in [0.1, 0.15) is 0 Å². The van der Waals surface area contributed by atoms with Crippen molar-refractivity contribution in [2.45, 2.75) is 53.0 Å². The molecule has 1 aliphatic rings. The summed E-state index contributed by atoms with van der Waals surface area (Å²) in [5.41, 5.74) is 6.66. The van der Waals surface area contributed by atoms with Gasteiger partial charge in [-0.3, -0.25) is 4.79 Å². The maximum atomic E-state index is 13.2. The standard InChI is InChI=1S/C22H27N3OS/c1-14-18(27-13-23-14)9-10-19(26)25-12-11-16-15-7-5-6-8-17(15)24-20(16)21(25)22(2,3)4/h5-8,13,21,24H,9-12H2,1-4H3. The Morgan fingerprint density at radius 1 is 1.33 bits per heavy atom. The zero-order valence-electron chi connectivity index (χ0n) is 16.5. The highest BCUT2D eigenvalue weighted by atomic mass is 32.1. The minimum absolute atomic E-state index is 0.0356. The van der Waals surface area contributed by atoms with Crippen molar-refractivity contribution in [3.05, 3.63) is 51.6 Å². The van der Waals surface area contributed by atoms with Crippen molar-refractivity contribution in [1.82, 2.24) is 14.9 Å². The fourth-order valence-electron chi connectivity index (χ4n) is 4.34. The summed E-state index contributed by atoms with van der Waals surface area (Å²) in [5.74, 6) is 0.243. The molecule has 2 aromatic heterocycles. The van der Waals surface area contributed by atoms with Gasteiger partial charge in [-0.25, -0.2) is 4.98 Å². The van der Waals surface area contributed by atoms with E-state index in [2.05, 4.69) is 59.9 Å². The maximum Gasteiger partial charge on any atom is 0.223 e. The Bertz CT molecular complexity index is 979. The maximum absolute atomic E-state index is 13.2. The Hall–Kier alpha value is -2.14. The highest BCUT2D eigenvalue weighted by Crippen LogP contribution is 2.44. The number of rotatable bonds is 3. The van der Waals surface area contributed by atoms with Gasteiger partial charge in [0, 0.05) is 34.4 Å². The normalized spacial score (nSPS) is 17.3. The van der Waals surface area contributed by atoms with Crippen molar-refractivity contribution >= 4 is 28.1 Å². The van der Waals surface area contributed by atoms with Crippen LogP contribution in [0.1, 0.15) is 55.1 Å². The first-order valence-electron chi connectivity index (χ1n) is 9.64. The summed E-state index contributed by atoms with van der Waals surface area (Å²) >= 11 is 1.65. The number of aryl methyl sites for hydroxylation is 2.